The fourth-order valence-corrected chi connectivity index (χ4v) is 3.59. The summed E-state index contributed by atoms with van der Waals surface area (Å²) >= 11 is 0. The summed E-state index contributed by atoms with van der Waals surface area (Å²) in [5.41, 5.74) is 2.90. The molecule has 3 rings (SSSR count). The summed E-state index contributed by atoms with van der Waals surface area (Å²) in [5, 5.41) is 3.99. The second-order valence-electron chi connectivity index (χ2n) is 7.51. The minimum absolute atomic E-state index is 0.0775. The molecule has 1 aromatic heterocycles. The number of hydrogen-bond donors (Lipinski definition) is 1. The maximum absolute atomic E-state index is 13.2. The molecule has 0 bridgehead atoms. The lowest BCUT2D eigenvalue weighted by atomic mass is 10.0. The maximum atomic E-state index is 13.2. The molecule has 1 heterocycles. The second-order valence-corrected chi connectivity index (χ2v) is 7.51. The summed E-state index contributed by atoms with van der Waals surface area (Å²) < 4.78 is 10.9. The first kappa shape index (κ1) is 21.6. The van der Waals surface area contributed by atoms with E-state index in [2.05, 4.69) is 19.2 Å². The van der Waals surface area contributed by atoms with Gasteiger partial charge in [-0.15, -0.1) is 0 Å². The van der Waals surface area contributed by atoms with Gasteiger partial charge in [0.05, 0.1) is 31.0 Å². The number of ether oxygens (including phenoxy) is 2. The highest BCUT2D eigenvalue weighted by Crippen LogP contribution is 2.34. The zero-order valence-corrected chi connectivity index (χ0v) is 18.2. The molecular formula is C25H30N2O3. The molecule has 0 fully saturated rings. The second kappa shape index (κ2) is 10.1. The number of hydrogen-bond acceptors (Lipinski definition) is 4. The van der Waals surface area contributed by atoms with Crippen molar-refractivity contribution in [1.82, 2.24) is 10.3 Å². The number of nitrogens with one attached hydrogen (secondary N) is 1. The van der Waals surface area contributed by atoms with Crippen molar-refractivity contribution in [2.24, 2.45) is 0 Å². The lowest BCUT2D eigenvalue weighted by Crippen LogP contribution is -2.32. The van der Waals surface area contributed by atoms with E-state index in [1.165, 1.54) is 12.8 Å². The number of rotatable bonds is 9. The Kier molecular flexibility index (Phi) is 7.28. The third kappa shape index (κ3) is 4.90. The van der Waals surface area contributed by atoms with Crippen LogP contribution in [-0.2, 0) is 0 Å². The van der Waals surface area contributed by atoms with Gasteiger partial charge in [-0.25, -0.2) is 4.98 Å². The van der Waals surface area contributed by atoms with E-state index in [-0.39, 0.29) is 11.9 Å². The average Bonchev–Trinajstić information content (AvgIpc) is 2.77. The molecular weight excluding hydrogens is 376 g/mol. The van der Waals surface area contributed by atoms with Crippen molar-refractivity contribution in [1.29, 1.82) is 0 Å². The van der Waals surface area contributed by atoms with E-state index < -0.39 is 0 Å². The third-order valence-electron chi connectivity index (χ3n) is 5.26. The number of fused-ring (bicyclic) bond motifs is 1. The quantitative estimate of drug-likeness (QED) is 0.469. The van der Waals surface area contributed by atoms with Gasteiger partial charge in [0.15, 0.2) is 0 Å². The minimum Gasteiger partial charge on any atom is -0.497 e. The van der Waals surface area contributed by atoms with Crippen molar-refractivity contribution < 1.29 is 14.3 Å². The van der Waals surface area contributed by atoms with E-state index in [4.69, 9.17) is 14.5 Å². The first-order valence-electron chi connectivity index (χ1n) is 10.5. The summed E-state index contributed by atoms with van der Waals surface area (Å²) in [6.45, 7) is 4.24. The van der Waals surface area contributed by atoms with E-state index in [0.29, 0.717) is 22.8 Å². The van der Waals surface area contributed by atoms with Crippen LogP contribution in [0.4, 0.5) is 0 Å². The highest BCUT2D eigenvalue weighted by atomic mass is 16.5. The van der Waals surface area contributed by atoms with Crippen LogP contribution in [0, 0.1) is 0 Å². The van der Waals surface area contributed by atoms with Gasteiger partial charge in [0.2, 0.25) is 0 Å². The first-order valence-corrected chi connectivity index (χ1v) is 10.5. The van der Waals surface area contributed by atoms with Crippen molar-refractivity contribution in [3.05, 3.63) is 54.1 Å². The predicted octanol–water partition coefficient (Wildman–Crippen LogP) is 5.62. The van der Waals surface area contributed by atoms with Crippen molar-refractivity contribution in [3.63, 3.8) is 0 Å². The lowest BCUT2D eigenvalue weighted by molar-refractivity contribution is 0.0939. The van der Waals surface area contributed by atoms with Crippen LogP contribution in [-0.4, -0.2) is 31.2 Å². The lowest BCUT2D eigenvalue weighted by Gasteiger charge is -2.16. The van der Waals surface area contributed by atoms with Crippen molar-refractivity contribution in [2.75, 3.05) is 14.2 Å². The van der Waals surface area contributed by atoms with Crippen LogP contribution in [0.2, 0.25) is 0 Å². The van der Waals surface area contributed by atoms with Gasteiger partial charge in [-0.05, 0) is 37.6 Å². The molecule has 30 heavy (non-hydrogen) atoms. The first-order chi connectivity index (χ1) is 14.6. The molecule has 5 nitrogen and oxygen atoms in total. The summed E-state index contributed by atoms with van der Waals surface area (Å²) in [7, 11) is 3.23. The van der Waals surface area contributed by atoms with Gasteiger partial charge in [0.1, 0.15) is 11.5 Å². The van der Waals surface area contributed by atoms with Crippen LogP contribution in [0.3, 0.4) is 0 Å². The molecule has 0 saturated carbocycles. The van der Waals surface area contributed by atoms with Gasteiger partial charge in [-0.2, -0.15) is 0 Å². The van der Waals surface area contributed by atoms with Crippen LogP contribution >= 0.6 is 0 Å². The number of para-hydroxylation sites is 1. The molecule has 1 amide bonds. The fraction of sp³-hybridized carbons (Fsp3) is 0.360. The van der Waals surface area contributed by atoms with Crippen molar-refractivity contribution >= 4 is 16.8 Å². The Morgan fingerprint density at radius 3 is 2.60 bits per heavy atom. The molecule has 1 atom stereocenters. The molecule has 0 spiro atoms. The Morgan fingerprint density at radius 1 is 1.07 bits per heavy atom. The maximum Gasteiger partial charge on any atom is 0.252 e. The van der Waals surface area contributed by atoms with Crippen LogP contribution in [0.5, 0.6) is 11.5 Å². The zero-order chi connectivity index (χ0) is 21.5. The summed E-state index contributed by atoms with van der Waals surface area (Å²) in [6, 6.07) is 15.3. The largest absolute Gasteiger partial charge is 0.497 e. The Hall–Kier alpha value is -3.08. The Balaban J connectivity index is 2.00. The zero-order valence-electron chi connectivity index (χ0n) is 18.2. The van der Waals surface area contributed by atoms with Crippen LogP contribution in [0.1, 0.15) is 49.9 Å². The molecule has 0 aliphatic carbocycles. The number of unbranched alkanes of at least 4 members (excludes halogenated alkanes) is 2. The molecule has 0 unspecified atom stereocenters. The molecule has 158 valence electrons. The van der Waals surface area contributed by atoms with Gasteiger partial charge in [-0.1, -0.05) is 44.4 Å². The standard InChI is InChI=1S/C25H30N2O3/c1-5-6-7-10-17(2)26-25(28)21-16-23(27-22-12-9-8-11-19(21)22)20-14-13-18(29-3)15-24(20)30-4/h8-9,11-17H,5-7,10H2,1-4H3,(H,26,28)/t17-/m0/s1. The van der Waals surface area contributed by atoms with Crippen molar-refractivity contribution in [3.8, 4) is 22.8 Å². The minimum atomic E-state index is -0.0775. The van der Waals surface area contributed by atoms with Crippen LogP contribution in [0.25, 0.3) is 22.2 Å². The summed E-state index contributed by atoms with van der Waals surface area (Å²) in [4.78, 5) is 17.9. The van der Waals surface area contributed by atoms with Gasteiger partial charge in [0, 0.05) is 23.1 Å². The van der Waals surface area contributed by atoms with Gasteiger partial charge in [0.25, 0.3) is 5.91 Å². The van der Waals surface area contributed by atoms with E-state index in [1.807, 2.05) is 48.5 Å². The number of pyridine rings is 1. The number of aromatic nitrogens is 1. The van der Waals surface area contributed by atoms with Gasteiger partial charge in [-0.3, -0.25) is 4.79 Å². The van der Waals surface area contributed by atoms with Crippen LogP contribution in [0.15, 0.2) is 48.5 Å². The molecule has 0 saturated heterocycles. The summed E-state index contributed by atoms with van der Waals surface area (Å²) in [5.74, 6) is 1.28. The van der Waals surface area contributed by atoms with Crippen molar-refractivity contribution in [2.45, 2.75) is 45.6 Å². The highest BCUT2D eigenvalue weighted by molar-refractivity contribution is 6.07. The predicted molar refractivity (Wildman–Crippen MR) is 121 cm³/mol. The molecule has 1 N–H and O–H groups in total. The van der Waals surface area contributed by atoms with Crippen LogP contribution < -0.4 is 14.8 Å². The topological polar surface area (TPSA) is 60.5 Å². The number of methoxy groups -OCH3 is 2. The number of carbonyl (C=O) groups is 1. The summed E-state index contributed by atoms with van der Waals surface area (Å²) in [6.07, 6.45) is 4.44. The normalized spacial score (nSPS) is 11.9. The van der Waals surface area contributed by atoms with E-state index >= 15 is 0 Å². The van der Waals surface area contributed by atoms with Gasteiger partial charge >= 0.3 is 0 Å². The molecule has 0 aliphatic rings. The fourth-order valence-electron chi connectivity index (χ4n) is 3.59. The Labute approximate surface area is 178 Å². The average molecular weight is 407 g/mol. The van der Waals surface area contributed by atoms with Gasteiger partial charge < -0.3 is 14.8 Å². The third-order valence-corrected chi connectivity index (χ3v) is 5.26. The number of amides is 1. The molecule has 5 heteroatoms. The van der Waals surface area contributed by atoms with E-state index in [1.54, 1.807) is 14.2 Å². The number of nitrogens with zero attached hydrogens (tertiary/aromatic N) is 1. The van der Waals surface area contributed by atoms with E-state index in [0.717, 1.165) is 29.3 Å². The molecule has 2 aromatic carbocycles. The number of carbonyl (C=O) groups excluding carboxylic acids is 1. The molecule has 0 aliphatic heterocycles. The monoisotopic (exact) mass is 406 g/mol. The molecule has 0 radical (unpaired) electrons. The molecule has 3 aromatic rings. The highest BCUT2D eigenvalue weighted by Gasteiger charge is 2.17. The SMILES string of the molecule is CCCCC[C@H](C)NC(=O)c1cc(-c2ccc(OC)cc2OC)nc2ccccc12. The number of benzene rings is 2. The Morgan fingerprint density at radius 2 is 1.87 bits per heavy atom. The van der Waals surface area contributed by atoms with E-state index in [9.17, 15) is 4.79 Å². The smallest absolute Gasteiger partial charge is 0.252 e. The Bertz CT molecular complexity index is 1020.